The number of carbonyl (C=O) groups is 1. The number of carbonyl (C=O) groups excluding carboxylic acids is 1. The van der Waals surface area contributed by atoms with Crippen molar-refractivity contribution in [1.29, 1.82) is 0 Å². The number of sulfonamides is 1. The molecule has 0 unspecified atom stereocenters. The molecule has 5 nitrogen and oxygen atoms in total. The molecule has 2 aromatic carbocycles. The van der Waals surface area contributed by atoms with E-state index < -0.39 is 10.0 Å². The maximum atomic E-state index is 12.6. The van der Waals surface area contributed by atoms with Crippen molar-refractivity contribution < 1.29 is 13.2 Å². The van der Waals surface area contributed by atoms with E-state index in [9.17, 15) is 13.2 Å². The van der Waals surface area contributed by atoms with Gasteiger partial charge in [0.1, 0.15) is 0 Å². The first-order chi connectivity index (χ1) is 12.8. The van der Waals surface area contributed by atoms with Crippen LogP contribution in [0.2, 0.25) is 0 Å². The lowest BCUT2D eigenvalue weighted by Crippen LogP contribution is -2.41. The summed E-state index contributed by atoms with van der Waals surface area (Å²) < 4.78 is 28.4. The van der Waals surface area contributed by atoms with Gasteiger partial charge in [-0.25, -0.2) is 8.42 Å². The molecule has 2 aromatic rings. The first-order valence-corrected chi connectivity index (χ1v) is 11.3. The van der Waals surface area contributed by atoms with E-state index in [2.05, 4.69) is 32.9 Å². The molecule has 0 aromatic heterocycles. The van der Waals surface area contributed by atoms with E-state index in [-0.39, 0.29) is 16.8 Å². The molecule has 0 bridgehead atoms. The third-order valence-corrected chi connectivity index (χ3v) is 6.85. The highest BCUT2D eigenvalue weighted by atomic mass is 79.9. The molecule has 1 aliphatic carbocycles. The van der Waals surface area contributed by atoms with Gasteiger partial charge in [0, 0.05) is 21.8 Å². The number of nitrogens with one attached hydrogen (secondary N) is 2. The third kappa shape index (κ3) is 5.11. The van der Waals surface area contributed by atoms with Gasteiger partial charge >= 0.3 is 0 Å². The smallest absolute Gasteiger partial charge is 0.261 e. The van der Waals surface area contributed by atoms with E-state index in [1.807, 2.05) is 0 Å². The molecule has 1 aliphatic rings. The summed E-state index contributed by atoms with van der Waals surface area (Å²) in [5.41, 5.74) is 0.811. The predicted molar refractivity (Wildman–Crippen MR) is 110 cm³/mol. The summed E-state index contributed by atoms with van der Waals surface area (Å²) in [6.07, 6.45) is 4.45. The normalized spacial score (nSPS) is 20.1. The van der Waals surface area contributed by atoms with Crippen molar-refractivity contribution in [3.8, 4) is 0 Å². The fourth-order valence-electron chi connectivity index (χ4n) is 3.33. The van der Waals surface area contributed by atoms with Crippen molar-refractivity contribution in [3.63, 3.8) is 0 Å². The molecule has 0 heterocycles. The fourth-order valence-corrected chi connectivity index (χ4v) is 4.65. The highest BCUT2D eigenvalue weighted by Crippen LogP contribution is 2.24. The van der Waals surface area contributed by atoms with Crippen LogP contribution in [0, 0.1) is 5.92 Å². The summed E-state index contributed by atoms with van der Waals surface area (Å²) >= 11 is 3.29. The van der Waals surface area contributed by atoms with Gasteiger partial charge in [0.2, 0.25) is 0 Å². The van der Waals surface area contributed by atoms with Crippen molar-refractivity contribution in [2.75, 3.05) is 4.72 Å². The Morgan fingerprint density at radius 2 is 1.78 bits per heavy atom. The van der Waals surface area contributed by atoms with Gasteiger partial charge in [-0.3, -0.25) is 9.52 Å². The zero-order valence-electron chi connectivity index (χ0n) is 15.1. The number of rotatable bonds is 5. The molecule has 1 saturated carbocycles. The molecule has 2 atom stereocenters. The van der Waals surface area contributed by atoms with E-state index >= 15 is 0 Å². The summed E-state index contributed by atoms with van der Waals surface area (Å²) in [4.78, 5) is 12.8. The van der Waals surface area contributed by atoms with Crippen LogP contribution in [-0.4, -0.2) is 20.4 Å². The third-order valence-electron chi connectivity index (χ3n) is 4.93. The van der Waals surface area contributed by atoms with E-state index in [1.54, 1.807) is 36.4 Å². The maximum Gasteiger partial charge on any atom is 0.261 e. The number of hydrogen-bond acceptors (Lipinski definition) is 3. The highest BCUT2D eigenvalue weighted by Gasteiger charge is 2.23. The zero-order valence-corrected chi connectivity index (χ0v) is 17.5. The van der Waals surface area contributed by atoms with Gasteiger partial charge in [-0.05, 0) is 61.2 Å². The molecule has 1 fully saturated rings. The van der Waals surface area contributed by atoms with Gasteiger partial charge in [0.15, 0.2) is 0 Å². The van der Waals surface area contributed by atoms with Crippen molar-refractivity contribution in [2.24, 2.45) is 5.92 Å². The van der Waals surface area contributed by atoms with Crippen LogP contribution in [-0.2, 0) is 10.0 Å². The molecule has 2 N–H and O–H groups in total. The van der Waals surface area contributed by atoms with Crippen molar-refractivity contribution in [3.05, 3.63) is 58.6 Å². The minimum Gasteiger partial charge on any atom is -0.349 e. The minimum atomic E-state index is -3.71. The zero-order chi connectivity index (χ0) is 19.4. The number of anilines is 1. The highest BCUT2D eigenvalue weighted by molar-refractivity contribution is 9.10. The van der Waals surface area contributed by atoms with E-state index in [0.29, 0.717) is 17.2 Å². The fraction of sp³-hybridized carbons (Fsp3) is 0.350. The second-order valence-electron chi connectivity index (χ2n) is 6.98. The van der Waals surface area contributed by atoms with Gasteiger partial charge in [-0.1, -0.05) is 41.8 Å². The van der Waals surface area contributed by atoms with Crippen LogP contribution >= 0.6 is 15.9 Å². The topological polar surface area (TPSA) is 75.3 Å². The second-order valence-corrected chi connectivity index (χ2v) is 9.58. The van der Waals surface area contributed by atoms with E-state index in [1.165, 1.54) is 18.6 Å². The Kier molecular flexibility index (Phi) is 6.22. The molecule has 0 saturated heterocycles. The first-order valence-electron chi connectivity index (χ1n) is 9.04. The van der Waals surface area contributed by atoms with E-state index in [0.717, 1.165) is 23.7 Å². The van der Waals surface area contributed by atoms with Crippen LogP contribution in [0.3, 0.4) is 0 Å². The Bertz CT molecular complexity index is 913. The number of amides is 1. The molecule has 1 amide bonds. The molecule has 7 heteroatoms. The Hall–Kier alpha value is -1.86. The van der Waals surface area contributed by atoms with Gasteiger partial charge in [-0.2, -0.15) is 0 Å². The van der Waals surface area contributed by atoms with Crippen molar-refractivity contribution in [1.82, 2.24) is 5.32 Å². The number of hydrogen-bond donors (Lipinski definition) is 2. The molecule has 27 heavy (non-hydrogen) atoms. The molecule has 0 radical (unpaired) electrons. The largest absolute Gasteiger partial charge is 0.349 e. The second kappa shape index (κ2) is 8.44. The predicted octanol–water partition coefficient (Wildman–Crippen LogP) is 4.56. The molecule has 0 aliphatic heterocycles. The van der Waals surface area contributed by atoms with Gasteiger partial charge in [-0.15, -0.1) is 0 Å². The Labute approximate surface area is 168 Å². The Balaban J connectivity index is 1.73. The van der Waals surface area contributed by atoms with Gasteiger partial charge in [0.25, 0.3) is 15.9 Å². The van der Waals surface area contributed by atoms with Crippen LogP contribution in [0.5, 0.6) is 0 Å². The average molecular weight is 451 g/mol. The molecule has 3 rings (SSSR count). The Morgan fingerprint density at radius 3 is 2.48 bits per heavy atom. The lowest BCUT2D eigenvalue weighted by Gasteiger charge is -2.29. The van der Waals surface area contributed by atoms with Crippen molar-refractivity contribution in [2.45, 2.75) is 43.5 Å². The summed E-state index contributed by atoms with van der Waals surface area (Å²) in [7, 11) is -3.71. The molecule has 144 valence electrons. The first kappa shape index (κ1) is 19.9. The van der Waals surface area contributed by atoms with Crippen LogP contribution < -0.4 is 10.0 Å². The lowest BCUT2D eigenvalue weighted by atomic mass is 9.86. The lowest BCUT2D eigenvalue weighted by molar-refractivity contribution is 0.0910. The van der Waals surface area contributed by atoms with Crippen LogP contribution in [0.25, 0.3) is 0 Å². The molecule has 0 spiro atoms. The van der Waals surface area contributed by atoms with Crippen LogP contribution in [0.1, 0.15) is 43.0 Å². The van der Waals surface area contributed by atoms with E-state index in [4.69, 9.17) is 0 Å². The SMILES string of the molecule is C[C@@H]1CCCC[C@H]1NC(=O)c1cccc(NS(=O)(=O)c2ccc(Br)cc2)c1. The number of benzene rings is 2. The standard InChI is InChI=1S/C20H23BrN2O3S/c1-14-5-2-3-8-19(14)22-20(24)15-6-4-7-17(13-15)23-27(25,26)18-11-9-16(21)10-12-18/h4,6-7,9-14,19,23H,2-3,5,8H2,1H3,(H,22,24)/t14-,19-/m1/s1. The summed E-state index contributed by atoms with van der Waals surface area (Å²) in [5.74, 6) is 0.292. The average Bonchev–Trinajstić information content (AvgIpc) is 2.64. The summed E-state index contributed by atoms with van der Waals surface area (Å²) in [6, 6.07) is 13.1. The quantitative estimate of drug-likeness (QED) is 0.700. The molecular weight excluding hydrogens is 428 g/mol. The maximum absolute atomic E-state index is 12.6. The van der Waals surface area contributed by atoms with Crippen molar-refractivity contribution >= 4 is 37.5 Å². The van der Waals surface area contributed by atoms with Gasteiger partial charge < -0.3 is 5.32 Å². The van der Waals surface area contributed by atoms with Gasteiger partial charge in [0.05, 0.1) is 4.90 Å². The van der Waals surface area contributed by atoms with Crippen LogP contribution in [0.15, 0.2) is 57.9 Å². The summed E-state index contributed by atoms with van der Waals surface area (Å²) in [6.45, 7) is 2.16. The minimum absolute atomic E-state index is 0.164. The monoisotopic (exact) mass is 450 g/mol. The van der Waals surface area contributed by atoms with Crippen LogP contribution in [0.4, 0.5) is 5.69 Å². The Morgan fingerprint density at radius 1 is 1.07 bits per heavy atom. The number of halogens is 1. The summed E-state index contributed by atoms with van der Waals surface area (Å²) in [5, 5.41) is 3.09. The molecular formula is C20H23BrN2O3S.